The summed E-state index contributed by atoms with van der Waals surface area (Å²) in [7, 11) is 1.59. The van der Waals surface area contributed by atoms with Gasteiger partial charge in [-0.25, -0.2) is 0 Å². The number of hydrogen-bond donors (Lipinski definition) is 1. The van der Waals surface area contributed by atoms with Crippen LogP contribution in [0.25, 0.3) is 0 Å². The van der Waals surface area contributed by atoms with Crippen LogP contribution in [-0.2, 0) is 17.8 Å². The van der Waals surface area contributed by atoms with Gasteiger partial charge in [0.15, 0.2) is 11.5 Å². The van der Waals surface area contributed by atoms with E-state index in [9.17, 15) is 13.6 Å². The van der Waals surface area contributed by atoms with Crippen LogP contribution in [-0.4, -0.2) is 31.3 Å². The van der Waals surface area contributed by atoms with E-state index in [-0.39, 0.29) is 43.8 Å². The van der Waals surface area contributed by atoms with Crippen molar-refractivity contribution in [2.45, 2.75) is 19.6 Å². The quantitative estimate of drug-likeness (QED) is 0.754. The number of halogens is 3. The van der Waals surface area contributed by atoms with Gasteiger partial charge in [-0.15, -0.1) is 12.4 Å². The maximum atomic E-state index is 12.7. The van der Waals surface area contributed by atoms with Crippen LogP contribution in [0.5, 0.6) is 17.2 Å². The summed E-state index contributed by atoms with van der Waals surface area (Å²) in [6.45, 7) is -2.88. The lowest BCUT2D eigenvalue weighted by atomic mass is 10.1. The first kappa shape index (κ1) is 20.6. The smallest absolute Gasteiger partial charge is 0.387 e. The van der Waals surface area contributed by atoms with E-state index in [1.165, 1.54) is 11.0 Å². The highest BCUT2D eigenvalue weighted by Crippen LogP contribution is 2.39. The van der Waals surface area contributed by atoms with Gasteiger partial charge in [-0.3, -0.25) is 4.79 Å². The Kier molecular flexibility index (Phi) is 6.68. The number of nitrogens with zero attached hydrogens (tertiary/aromatic N) is 1. The first-order valence-corrected chi connectivity index (χ1v) is 7.88. The number of carbonyl (C=O) groups is 1. The minimum absolute atomic E-state index is 0. The maximum Gasteiger partial charge on any atom is 0.387 e. The van der Waals surface area contributed by atoms with Crippen LogP contribution < -0.4 is 19.9 Å². The molecule has 0 unspecified atom stereocenters. The summed E-state index contributed by atoms with van der Waals surface area (Å²) < 4.78 is 40.4. The molecule has 9 heteroatoms. The molecule has 2 aromatic rings. The van der Waals surface area contributed by atoms with E-state index in [4.69, 9.17) is 15.2 Å². The molecular weight excluding hydrogens is 382 g/mol. The number of nitrogens with two attached hydrogens (primary N) is 1. The van der Waals surface area contributed by atoms with Crippen molar-refractivity contribution in [3.8, 4) is 17.2 Å². The van der Waals surface area contributed by atoms with Crippen molar-refractivity contribution in [2.75, 3.05) is 19.6 Å². The first-order chi connectivity index (χ1) is 12.4. The lowest BCUT2D eigenvalue weighted by Gasteiger charge is -2.20. The van der Waals surface area contributed by atoms with E-state index >= 15 is 0 Å². The van der Waals surface area contributed by atoms with Gasteiger partial charge >= 0.3 is 6.61 Å². The molecule has 0 saturated carbocycles. The van der Waals surface area contributed by atoms with Gasteiger partial charge in [0.2, 0.25) is 12.7 Å². The van der Waals surface area contributed by atoms with E-state index in [0.29, 0.717) is 22.7 Å². The molecule has 0 aliphatic carbocycles. The largest absolute Gasteiger partial charge is 0.454 e. The zero-order chi connectivity index (χ0) is 18.7. The summed E-state index contributed by atoms with van der Waals surface area (Å²) in [4.78, 5) is 13.9. The second-order valence-corrected chi connectivity index (χ2v) is 5.86. The van der Waals surface area contributed by atoms with Gasteiger partial charge < -0.3 is 24.8 Å². The highest BCUT2D eigenvalue weighted by Gasteiger charge is 2.22. The molecule has 1 aliphatic heterocycles. The molecule has 0 saturated heterocycles. The van der Waals surface area contributed by atoms with Gasteiger partial charge in [0, 0.05) is 30.9 Å². The number of nitrogen functional groups attached to an aromatic ring is 1. The lowest BCUT2D eigenvalue weighted by Crippen LogP contribution is -2.28. The monoisotopic (exact) mass is 400 g/mol. The summed E-state index contributed by atoms with van der Waals surface area (Å²) in [5.74, 6) is 0.549. The summed E-state index contributed by atoms with van der Waals surface area (Å²) in [5.41, 5.74) is 7.46. The molecule has 1 aliphatic rings. The molecule has 27 heavy (non-hydrogen) atoms. The maximum absolute atomic E-state index is 12.7. The molecule has 1 amide bonds. The molecule has 146 valence electrons. The predicted octanol–water partition coefficient (Wildman–Crippen LogP) is 3.22. The minimum Gasteiger partial charge on any atom is -0.454 e. The number of ether oxygens (including phenoxy) is 3. The molecule has 6 nitrogen and oxygen atoms in total. The Morgan fingerprint density at radius 2 is 1.85 bits per heavy atom. The van der Waals surface area contributed by atoms with Crippen molar-refractivity contribution < 1.29 is 27.8 Å². The number of likely N-dealkylation sites (N-methyl/N-ethyl adjacent to an activating group) is 1. The van der Waals surface area contributed by atoms with Crippen molar-refractivity contribution in [3.63, 3.8) is 0 Å². The van der Waals surface area contributed by atoms with E-state index in [0.717, 1.165) is 5.56 Å². The minimum atomic E-state index is -2.98. The van der Waals surface area contributed by atoms with Crippen molar-refractivity contribution in [1.29, 1.82) is 0 Å². The summed E-state index contributed by atoms with van der Waals surface area (Å²) in [6, 6.07) is 9.87. The van der Waals surface area contributed by atoms with Gasteiger partial charge in [-0.05, 0) is 23.8 Å². The zero-order valence-corrected chi connectivity index (χ0v) is 15.3. The van der Waals surface area contributed by atoms with Crippen molar-refractivity contribution in [2.24, 2.45) is 0 Å². The number of benzene rings is 2. The molecule has 2 N–H and O–H groups in total. The normalized spacial score (nSPS) is 11.9. The molecule has 2 aromatic carbocycles. The Bertz CT molecular complexity index is 803. The highest BCUT2D eigenvalue weighted by molar-refractivity contribution is 5.85. The topological polar surface area (TPSA) is 74.0 Å². The van der Waals surface area contributed by atoms with E-state index in [1.807, 2.05) is 0 Å². The standard InChI is InChI=1S/C18H18F2N2O4.ClH/c1-22(17(23)6-11-2-4-13(21)5-3-11)9-12-7-15-16(25-10-24-15)8-14(12)26-18(19)20;/h2-5,7-8,18H,6,9-10,21H2,1H3;1H. The fraction of sp³-hybridized carbons (Fsp3) is 0.278. The van der Waals surface area contributed by atoms with Gasteiger partial charge in [0.25, 0.3) is 0 Å². The van der Waals surface area contributed by atoms with E-state index in [1.54, 1.807) is 37.4 Å². The Hall–Kier alpha value is -2.74. The van der Waals surface area contributed by atoms with Crippen molar-refractivity contribution in [3.05, 3.63) is 47.5 Å². The third kappa shape index (κ3) is 5.13. The van der Waals surface area contributed by atoms with Crippen LogP contribution in [0.1, 0.15) is 11.1 Å². The number of fused-ring (bicyclic) bond motifs is 1. The predicted molar refractivity (Wildman–Crippen MR) is 97.5 cm³/mol. The van der Waals surface area contributed by atoms with Crippen LogP contribution in [0.2, 0.25) is 0 Å². The van der Waals surface area contributed by atoms with Crippen molar-refractivity contribution in [1.82, 2.24) is 4.90 Å². The van der Waals surface area contributed by atoms with Crippen LogP contribution >= 0.6 is 12.4 Å². The fourth-order valence-corrected chi connectivity index (χ4v) is 2.58. The number of carbonyl (C=O) groups excluding carboxylic acids is 1. The Morgan fingerprint density at radius 1 is 1.22 bits per heavy atom. The molecule has 0 radical (unpaired) electrons. The van der Waals surface area contributed by atoms with Gasteiger partial charge in [-0.2, -0.15) is 8.78 Å². The summed E-state index contributed by atoms with van der Waals surface area (Å²) >= 11 is 0. The second-order valence-electron chi connectivity index (χ2n) is 5.86. The third-order valence-corrected chi connectivity index (χ3v) is 3.94. The second kappa shape index (κ2) is 8.77. The Morgan fingerprint density at radius 3 is 2.48 bits per heavy atom. The number of rotatable bonds is 6. The highest BCUT2D eigenvalue weighted by atomic mass is 35.5. The molecule has 1 heterocycles. The number of alkyl halides is 2. The fourth-order valence-electron chi connectivity index (χ4n) is 2.58. The summed E-state index contributed by atoms with van der Waals surface area (Å²) in [5, 5.41) is 0. The zero-order valence-electron chi connectivity index (χ0n) is 14.5. The van der Waals surface area contributed by atoms with Gasteiger partial charge in [-0.1, -0.05) is 12.1 Å². The van der Waals surface area contributed by atoms with Crippen molar-refractivity contribution >= 4 is 24.0 Å². The van der Waals surface area contributed by atoms with Crippen LogP contribution in [0.15, 0.2) is 36.4 Å². The Balaban J connectivity index is 0.00000261. The number of anilines is 1. The number of hydrogen-bond acceptors (Lipinski definition) is 5. The number of amides is 1. The lowest BCUT2D eigenvalue weighted by molar-refractivity contribution is -0.129. The third-order valence-electron chi connectivity index (χ3n) is 3.94. The van der Waals surface area contributed by atoms with E-state index in [2.05, 4.69) is 4.74 Å². The SMILES string of the molecule is CN(Cc1cc2c(cc1OC(F)F)OCO2)C(=O)Cc1ccc(N)cc1.Cl. The van der Waals surface area contributed by atoms with Crippen LogP contribution in [0.4, 0.5) is 14.5 Å². The van der Waals surface area contributed by atoms with Gasteiger partial charge in [0.1, 0.15) is 5.75 Å². The molecule has 0 aromatic heterocycles. The first-order valence-electron chi connectivity index (χ1n) is 7.88. The van der Waals surface area contributed by atoms with Crippen LogP contribution in [0.3, 0.4) is 0 Å². The molecule has 0 spiro atoms. The molecule has 0 atom stereocenters. The average Bonchev–Trinajstić information content (AvgIpc) is 3.03. The van der Waals surface area contributed by atoms with Crippen LogP contribution in [0, 0.1) is 0 Å². The molecular formula is C18H19ClF2N2O4. The average molecular weight is 401 g/mol. The molecule has 0 bridgehead atoms. The Labute approximate surface area is 161 Å². The van der Waals surface area contributed by atoms with Gasteiger partial charge in [0.05, 0.1) is 6.42 Å². The summed E-state index contributed by atoms with van der Waals surface area (Å²) in [6.07, 6.45) is 0.173. The van der Waals surface area contributed by atoms with E-state index < -0.39 is 6.61 Å². The molecule has 3 rings (SSSR count). The molecule has 0 fully saturated rings.